The third-order valence-electron chi connectivity index (χ3n) is 5.75. The van der Waals surface area contributed by atoms with Crippen LogP contribution in [0.4, 0.5) is 5.69 Å². The van der Waals surface area contributed by atoms with E-state index in [0.29, 0.717) is 28.4 Å². The van der Waals surface area contributed by atoms with Crippen LogP contribution in [0.25, 0.3) is 0 Å². The number of rotatable bonds is 6. The number of nitrogens with zero attached hydrogens (tertiary/aromatic N) is 1. The third-order valence-corrected chi connectivity index (χ3v) is 6.18. The molecule has 8 heteroatoms. The van der Waals surface area contributed by atoms with E-state index in [0.717, 1.165) is 39.8 Å². The number of benzene rings is 3. The number of amides is 2. The number of nitrogens with one attached hydrogen (secondary N) is 2. The summed E-state index contributed by atoms with van der Waals surface area (Å²) < 4.78 is 5.52. The van der Waals surface area contributed by atoms with Gasteiger partial charge < -0.3 is 10.1 Å². The monoisotopic (exact) mass is 473 g/mol. The molecule has 0 radical (unpaired) electrons. The zero-order chi connectivity index (χ0) is 24.2. The highest BCUT2D eigenvalue weighted by Crippen LogP contribution is 2.26. The summed E-state index contributed by atoms with van der Waals surface area (Å²) in [5.41, 5.74) is 9.65. The maximum Gasteiger partial charge on any atom is 0.277 e. The van der Waals surface area contributed by atoms with Gasteiger partial charge in [0.2, 0.25) is 0 Å². The molecule has 0 saturated carbocycles. The molecule has 0 aromatic heterocycles. The van der Waals surface area contributed by atoms with Crippen molar-refractivity contribution in [2.75, 3.05) is 11.9 Å². The Morgan fingerprint density at radius 1 is 1.03 bits per heavy atom. The van der Waals surface area contributed by atoms with Crippen LogP contribution < -0.4 is 20.9 Å². The highest BCUT2D eigenvalue weighted by Gasteiger charge is 2.20. The summed E-state index contributed by atoms with van der Waals surface area (Å²) in [6.07, 6.45) is 1.54. The van der Waals surface area contributed by atoms with E-state index < -0.39 is 0 Å². The van der Waals surface area contributed by atoms with Gasteiger partial charge in [-0.25, -0.2) is 5.43 Å². The standard InChI is InChI=1S/C26H25BClN3O3/c1-15-11-18(27)5-8-21(15)26(33)29-19-6-3-17-4-10-24(22(17)13-19)30-31-25(32)14-34-20-7-9-23(28)16(2)12-20/h3,5-9,11-13H,4,10,14,27H2,1-2H3,(H,29,33)(H,31,32)/b30-24+. The molecule has 0 atom stereocenters. The Kier molecular flexibility index (Phi) is 7.03. The molecule has 0 saturated heterocycles. The first kappa shape index (κ1) is 23.6. The zero-order valence-corrected chi connectivity index (χ0v) is 20.1. The molecule has 0 bridgehead atoms. The number of aryl methyl sites for hydroxylation is 3. The Bertz CT molecular complexity index is 1310. The lowest BCUT2D eigenvalue weighted by atomic mass is 9.92. The minimum atomic E-state index is -0.354. The molecule has 0 aliphatic heterocycles. The Morgan fingerprint density at radius 3 is 2.62 bits per heavy atom. The molecule has 4 rings (SSSR count). The van der Waals surface area contributed by atoms with Gasteiger partial charge in [0, 0.05) is 21.8 Å². The number of hydrogen-bond acceptors (Lipinski definition) is 4. The van der Waals surface area contributed by atoms with Crippen LogP contribution in [0, 0.1) is 13.8 Å². The minimum Gasteiger partial charge on any atom is -0.484 e. The molecule has 0 heterocycles. The zero-order valence-electron chi connectivity index (χ0n) is 19.4. The number of hydrazone groups is 1. The molecule has 3 aromatic carbocycles. The maximum absolute atomic E-state index is 12.8. The van der Waals surface area contributed by atoms with Crippen LogP contribution in [0.5, 0.6) is 5.75 Å². The average Bonchev–Trinajstić information content (AvgIpc) is 3.20. The van der Waals surface area contributed by atoms with Crippen molar-refractivity contribution in [2.45, 2.75) is 26.7 Å². The van der Waals surface area contributed by atoms with E-state index in [4.69, 9.17) is 16.3 Å². The van der Waals surface area contributed by atoms with Gasteiger partial charge in [-0.1, -0.05) is 35.3 Å². The first-order valence-corrected chi connectivity index (χ1v) is 11.4. The Morgan fingerprint density at radius 2 is 1.85 bits per heavy atom. The van der Waals surface area contributed by atoms with E-state index in [1.165, 1.54) is 0 Å². The van der Waals surface area contributed by atoms with E-state index in [1.807, 2.05) is 58.1 Å². The first-order valence-electron chi connectivity index (χ1n) is 11.1. The highest BCUT2D eigenvalue weighted by molar-refractivity contribution is 6.32. The summed E-state index contributed by atoms with van der Waals surface area (Å²) in [6, 6.07) is 16.8. The fourth-order valence-electron chi connectivity index (χ4n) is 3.93. The van der Waals surface area contributed by atoms with Gasteiger partial charge in [-0.3, -0.25) is 9.59 Å². The molecule has 3 aromatic rings. The van der Waals surface area contributed by atoms with E-state index in [2.05, 4.69) is 15.8 Å². The largest absolute Gasteiger partial charge is 0.484 e. The van der Waals surface area contributed by atoms with Gasteiger partial charge >= 0.3 is 0 Å². The molecule has 0 fully saturated rings. The van der Waals surface area contributed by atoms with Crippen molar-refractivity contribution >= 4 is 48.1 Å². The molecule has 2 amide bonds. The van der Waals surface area contributed by atoms with Crippen LogP contribution in [0.2, 0.25) is 5.02 Å². The SMILES string of the molecule is Bc1ccc(C(=O)Nc2ccc3c(c2)/C(=N/NC(=O)COc2ccc(Cl)c(C)c2)CC3)c(C)c1. The lowest BCUT2D eigenvalue weighted by Crippen LogP contribution is -2.25. The molecule has 1 aliphatic rings. The van der Waals surface area contributed by atoms with Crippen molar-refractivity contribution in [1.82, 2.24) is 5.43 Å². The Labute approximate surface area is 204 Å². The molecule has 34 heavy (non-hydrogen) atoms. The second kappa shape index (κ2) is 10.1. The van der Waals surface area contributed by atoms with Crippen molar-refractivity contribution in [1.29, 1.82) is 0 Å². The minimum absolute atomic E-state index is 0.156. The van der Waals surface area contributed by atoms with Crippen LogP contribution >= 0.6 is 11.6 Å². The number of hydrogen-bond donors (Lipinski definition) is 2. The predicted octanol–water partition coefficient (Wildman–Crippen LogP) is 3.31. The first-order chi connectivity index (χ1) is 16.3. The van der Waals surface area contributed by atoms with Crippen LogP contribution in [-0.2, 0) is 11.2 Å². The van der Waals surface area contributed by atoms with E-state index >= 15 is 0 Å². The van der Waals surface area contributed by atoms with Crippen LogP contribution in [-0.4, -0.2) is 32.0 Å². The number of halogens is 1. The summed E-state index contributed by atoms with van der Waals surface area (Å²) in [7, 11) is 2.00. The molecule has 2 N–H and O–H groups in total. The molecule has 6 nitrogen and oxygen atoms in total. The van der Waals surface area contributed by atoms with Gasteiger partial charge in [-0.15, -0.1) is 0 Å². The van der Waals surface area contributed by atoms with E-state index in [9.17, 15) is 9.59 Å². The number of ether oxygens (including phenoxy) is 1. The van der Waals surface area contributed by atoms with Crippen molar-refractivity contribution in [3.05, 3.63) is 87.4 Å². The Balaban J connectivity index is 1.40. The van der Waals surface area contributed by atoms with Gasteiger partial charge in [-0.05, 0) is 79.8 Å². The fourth-order valence-corrected chi connectivity index (χ4v) is 4.05. The van der Waals surface area contributed by atoms with Crippen LogP contribution in [0.1, 0.15) is 39.0 Å². The second-order valence-electron chi connectivity index (χ2n) is 8.44. The number of anilines is 1. The lowest BCUT2D eigenvalue weighted by molar-refractivity contribution is -0.123. The third kappa shape index (κ3) is 5.49. The molecule has 0 unspecified atom stereocenters. The summed E-state index contributed by atoms with van der Waals surface area (Å²) >= 11 is 6.01. The Hall–Kier alpha value is -3.58. The van der Waals surface area contributed by atoms with E-state index in [-0.39, 0.29) is 18.4 Å². The average molecular weight is 474 g/mol. The summed E-state index contributed by atoms with van der Waals surface area (Å²) in [4.78, 5) is 25.0. The highest BCUT2D eigenvalue weighted by atomic mass is 35.5. The van der Waals surface area contributed by atoms with Crippen LogP contribution in [0.3, 0.4) is 0 Å². The van der Waals surface area contributed by atoms with Gasteiger partial charge in [0.15, 0.2) is 6.61 Å². The summed E-state index contributed by atoms with van der Waals surface area (Å²) in [5.74, 6) is 0.0600. The molecule has 172 valence electrons. The van der Waals surface area contributed by atoms with Gasteiger partial charge in [0.25, 0.3) is 11.8 Å². The van der Waals surface area contributed by atoms with Crippen molar-refractivity contribution in [3.8, 4) is 5.75 Å². The smallest absolute Gasteiger partial charge is 0.277 e. The van der Waals surface area contributed by atoms with Crippen LogP contribution in [0.15, 0.2) is 59.7 Å². The molecule has 0 spiro atoms. The van der Waals surface area contributed by atoms with Gasteiger partial charge in [-0.2, -0.15) is 5.10 Å². The summed E-state index contributed by atoms with van der Waals surface area (Å²) in [6.45, 7) is 3.64. The van der Waals surface area contributed by atoms with E-state index in [1.54, 1.807) is 18.2 Å². The predicted molar refractivity (Wildman–Crippen MR) is 138 cm³/mol. The lowest BCUT2D eigenvalue weighted by Gasteiger charge is -2.10. The number of fused-ring (bicyclic) bond motifs is 1. The topological polar surface area (TPSA) is 79.8 Å². The molecule has 1 aliphatic carbocycles. The molecular formula is C26H25BClN3O3. The van der Waals surface area contributed by atoms with Crippen molar-refractivity contribution in [2.24, 2.45) is 5.10 Å². The number of carbonyl (C=O) groups excluding carboxylic acids is 2. The normalized spacial score (nSPS) is 13.4. The maximum atomic E-state index is 12.8. The number of carbonyl (C=O) groups is 2. The fraction of sp³-hybridized carbons (Fsp3) is 0.192. The van der Waals surface area contributed by atoms with Crippen molar-refractivity contribution < 1.29 is 14.3 Å². The second-order valence-corrected chi connectivity index (χ2v) is 8.84. The quantitative estimate of drug-likeness (QED) is 0.426. The van der Waals surface area contributed by atoms with Gasteiger partial charge in [0.05, 0.1) is 5.71 Å². The van der Waals surface area contributed by atoms with Crippen molar-refractivity contribution in [3.63, 3.8) is 0 Å². The summed E-state index contributed by atoms with van der Waals surface area (Å²) in [5, 5.41) is 7.93. The molecular weight excluding hydrogens is 449 g/mol. The van der Waals surface area contributed by atoms with Gasteiger partial charge in [0.1, 0.15) is 13.6 Å².